The maximum absolute atomic E-state index is 11.4. The van der Waals surface area contributed by atoms with Gasteiger partial charge in [-0.2, -0.15) is 5.26 Å². The van der Waals surface area contributed by atoms with Crippen molar-refractivity contribution in [2.45, 2.75) is 19.4 Å². The molecule has 0 amide bonds. The second-order valence-electron chi connectivity index (χ2n) is 3.93. The van der Waals surface area contributed by atoms with E-state index in [1.54, 1.807) is 0 Å². The maximum Gasteiger partial charge on any atom is 0.319 e. The van der Waals surface area contributed by atoms with Crippen molar-refractivity contribution in [3.8, 4) is 6.07 Å². The molecule has 0 aliphatic rings. The number of nitriles is 1. The molecule has 0 aliphatic carbocycles. The Kier molecular flexibility index (Phi) is 5.89. The van der Waals surface area contributed by atoms with E-state index in [-0.39, 0.29) is 18.6 Å². The number of likely N-dealkylation sites (N-methyl/N-ethyl adjacent to an activating group) is 1. The molecule has 0 saturated heterocycles. The van der Waals surface area contributed by atoms with Gasteiger partial charge < -0.3 is 4.74 Å². The van der Waals surface area contributed by atoms with Crippen LogP contribution < -0.4 is 0 Å². The number of methoxy groups -OCH3 is 1. The Bertz CT molecular complexity index is 412. The Labute approximate surface area is 108 Å². The molecular formula is C14H18N2O2. The average molecular weight is 246 g/mol. The van der Waals surface area contributed by atoms with E-state index in [2.05, 4.69) is 10.8 Å². The third-order valence-electron chi connectivity index (χ3n) is 2.88. The summed E-state index contributed by atoms with van der Waals surface area (Å²) in [5, 5.41) is 8.94. The number of hydrogen-bond donors (Lipinski definition) is 0. The third-order valence-corrected chi connectivity index (χ3v) is 2.88. The summed E-state index contributed by atoms with van der Waals surface area (Å²) >= 11 is 0. The lowest BCUT2D eigenvalue weighted by Crippen LogP contribution is -2.34. The van der Waals surface area contributed by atoms with Gasteiger partial charge in [0.2, 0.25) is 0 Å². The number of nitrogens with zero attached hydrogens (tertiary/aromatic N) is 2. The standard InChI is InChI=1S/C14H18N2O2/c1-3-16(11-14(17)18-2)13(9-10-15)12-7-5-4-6-8-12/h4-8,13H,3,9,11H2,1-2H3. The SMILES string of the molecule is CCN(CC(=O)OC)C(CC#N)c1ccccc1. The van der Waals surface area contributed by atoms with Crippen LogP contribution >= 0.6 is 0 Å². The van der Waals surface area contributed by atoms with Gasteiger partial charge in [-0.25, -0.2) is 0 Å². The fourth-order valence-electron chi connectivity index (χ4n) is 1.89. The summed E-state index contributed by atoms with van der Waals surface area (Å²) in [6, 6.07) is 11.9. The van der Waals surface area contributed by atoms with Crippen molar-refractivity contribution < 1.29 is 9.53 Å². The van der Waals surface area contributed by atoms with Gasteiger partial charge in [0.05, 0.1) is 26.1 Å². The van der Waals surface area contributed by atoms with Crippen LogP contribution in [0, 0.1) is 11.3 Å². The minimum absolute atomic E-state index is 0.0692. The van der Waals surface area contributed by atoms with E-state index >= 15 is 0 Å². The smallest absolute Gasteiger partial charge is 0.319 e. The minimum Gasteiger partial charge on any atom is -0.468 e. The second kappa shape index (κ2) is 7.46. The van der Waals surface area contributed by atoms with Gasteiger partial charge in [-0.05, 0) is 12.1 Å². The summed E-state index contributed by atoms with van der Waals surface area (Å²) in [7, 11) is 1.37. The molecule has 1 aromatic rings. The van der Waals surface area contributed by atoms with E-state index in [4.69, 9.17) is 5.26 Å². The lowest BCUT2D eigenvalue weighted by molar-refractivity contribution is -0.142. The van der Waals surface area contributed by atoms with Crippen LogP contribution in [0.3, 0.4) is 0 Å². The Morgan fingerprint density at radius 1 is 1.44 bits per heavy atom. The normalized spacial score (nSPS) is 11.9. The van der Waals surface area contributed by atoms with Gasteiger partial charge in [0.15, 0.2) is 0 Å². The van der Waals surface area contributed by atoms with E-state index in [1.165, 1.54) is 7.11 Å². The van der Waals surface area contributed by atoms with E-state index in [1.807, 2.05) is 42.2 Å². The number of hydrogen-bond acceptors (Lipinski definition) is 4. The van der Waals surface area contributed by atoms with Crippen molar-refractivity contribution in [3.63, 3.8) is 0 Å². The molecule has 96 valence electrons. The van der Waals surface area contributed by atoms with E-state index in [9.17, 15) is 4.79 Å². The molecule has 0 spiro atoms. The molecular weight excluding hydrogens is 228 g/mol. The Morgan fingerprint density at radius 3 is 2.61 bits per heavy atom. The molecule has 1 unspecified atom stereocenters. The van der Waals surface area contributed by atoms with Crippen LogP contribution in [-0.2, 0) is 9.53 Å². The number of esters is 1. The van der Waals surface area contributed by atoms with Crippen LogP contribution in [-0.4, -0.2) is 31.1 Å². The van der Waals surface area contributed by atoms with Crippen LogP contribution in [0.4, 0.5) is 0 Å². The van der Waals surface area contributed by atoms with Crippen molar-refractivity contribution >= 4 is 5.97 Å². The van der Waals surface area contributed by atoms with Crippen LogP contribution in [0.15, 0.2) is 30.3 Å². The molecule has 1 aromatic carbocycles. The largest absolute Gasteiger partial charge is 0.468 e. The highest BCUT2D eigenvalue weighted by Gasteiger charge is 2.21. The zero-order valence-electron chi connectivity index (χ0n) is 10.8. The molecule has 1 atom stereocenters. The molecule has 1 rings (SSSR count). The predicted octanol–water partition coefficient (Wildman–Crippen LogP) is 2.14. The van der Waals surface area contributed by atoms with Crippen LogP contribution in [0.2, 0.25) is 0 Å². The topological polar surface area (TPSA) is 53.3 Å². The van der Waals surface area contributed by atoms with Crippen molar-refractivity contribution in [1.82, 2.24) is 4.90 Å². The highest BCUT2D eigenvalue weighted by molar-refractivity contribution is 5.71. The number of rotatable bonds is 6. The van der Waals surface area contributed by atoms with Crippen LogP contribution in [0.5, 0.6) is 0 Å². The predicted molar refractivity (Wildman–Crippen MR) is 68.7 cm³/mol. The zero-order chi connectivity index (χ0) is 13.4. The Balaban J connectivity index is 2.89. The first kappa shape index (κ1) is 14.2. The fraction of sp³-hybridized carbons (Fsp3) is 0.429. The van der Waals surface area contributed by atoms with Crippen LogP contribution in [0.1, 0.15) is 24.9 Å². The molecule has 0 N–H and O–H groups in total. The second-order valence-corrected chi connectivity index (χ2v) is 3.93. The summed E-state index contributed by atoms with van der Waals surface area (Å²) in [5.74, 6) is -0.282. The van der Waals surface area contributed by atoms with Gasteiger partial charge in [-0.1, -0.05) is 37.3 Å². The molecule has 0 fully saturated rings. The zero-order valence-corrected chi connectivity index (χ0v) is 10.8. The van der Waals surface area contributed by atoms with Crippen molar-refractivity contribution in [1.29, 1.82) is 5.26 Å². The van der Waals surface area contributed by atoms with Gasteiger partial charge in [-0.15, -0.1) is 0 Å². The lowest BCUT2D eigenvalue weighted by atomic mass is 10.0. The van der Waals surface area contributed by atoms with Gasteiger partial charge in [0.1, 0.15) is 0 Å². The molecule has 0 heterocycles. The summed E-state index contributed by atoms with van der Waals surface area (Å²) in [6.45, 7) is 2.86. The molecule has 4 nitrogen and oxygen atoms in total. The Hall–Kier alpha value is -1.86. The molecule has 0 aromatic heterocycles. The molecule has 18 heavy (non-hydrogen) atoms. The van der Waals surface area contributed by atoms with Crippen molar-refractivity contribution in [2.75, 3.05) is 20.2 Å². The summed E-state index contributed by atoms with van der Waals surface area (Å²) in [6.07, 6.45) is 0.356. The molecule has 0 aliphatic heterocycles. The van der Waals surface area contributed by atoms with Gasteiger partial charge >= 0.3 is 5.97 Å². The van der Waals surface area contributed by atoms with Crippen molar-refractivity contribution in [3.05, 3.63) is 35.9 Å². The first-order valence-electron chi connectivity index (χ1n) is 5.95. The highest BCUT2D eigenvalue weighted by atomic mass is 16.5. The fourth-order valence-corrected chi connectivity index (χ4v) is 1.89. The van der Waals surface area contributed by atoms with E-state index in [0.29, 0.717) is 13.0 Å². The molecule has 4 heteroatoms. The lowest BCUT2D eigenvalue weighted by Gasteiger charge is -2.28. The number of carbonyl (C=O) groups is 1. The monoisotopic (exact) mass is 246 g/mol. The molecule has 0 bridgehead atoms. The van der Waals surface area contributed by atoms with Crippen molar-refractivity contribution in [2.24, 2.45) is 0 Å². The number of benzene rings is 1. The quantitative estimate of drug-likeness (QED) is 0.722. The van der Waals surface area contributed by atoms with Gasteiger partial charge in [-0.3, -0.25) is 9.69 Å². The van der Waals surface area contributed by atoms with E-state index in [0.717, 1.165) is 5.56 Å². The minimum atomic E-state index is -0.282. The first-order valence-corrected chi connectivity index (χ1v) is 5.95. The van der Waals surface area contributed by atoms with Gasteiger partial charge in [0, 0.05) is 6.04 Å². The van der Waals surface area contributed by atoms with E-state index < -0.39 is 0 Å². The molecule has 0 radical (unpaired) electrons. The third kappa shape index (κ3) is 3.86. The Morgan fingerprint density at radius 2 is 2.11 bits per heavy atom. The summed E-state index contributed by atoms with van der Waals surface area (Å²) in [5.41, 5.74) is 1.05. The van der Waals surface area contributed by atoms with Crippen LogP contribution in [0.25, 0.3) is 0 Å². The first-order chi connectivity index (χ1) is 8.72. The number of carbonyl (C=O) groups excluding carboxylic acids is 1. The van der Waals surface area contributed by atoms with Gasteiger partial charge in [0.25, 0.3) is 0 Å². The summed E-state index contributed by atoms with van der Waals surface area (Å²) in [4.78, 5) is 13.3. The number of ether oxygens (including phenoxy) is 1. The summed E-state index contributed by atoms with van der Waals surface area (Å²) < 4.78 is 4.68. The molecule has 0 saturated carbocycles. The maximum atomic E-state index is 11.4. The highest BCUT2D eigenvalue weighted by Crippen LogP contribution is 2.23. The average Bonchev–Trinajstić information content (AvgIpc) is 2.43.